The van der Waals surface area contributed by atoms with Crippen molar-refractivity contribution in [3.63, 3.8) is 0 Å². The van der Waals surface area contributed by atoms with Crippen molar-refractivity contribution in [3.05, 3.63) is 0 Å². The second-order valence-corrected chi connectivity index (χ2v) is 5.68. The minimum Gasteiger partial charge on any atom is -0.352 e. The summed E-state index contributed by atoms with van der Waals surface area (Å²) in [6.45, 7) is 1.80. The van der Waals surface area contributed by atoms with Crippen LogP contribution in [0.2, 0.25) is 0 Å². The third-order valence-corrected chi connectivity index (χ3v) is 3.92. The van der Waals surface area contributed by atoms with Crippen molar-refractivity contribution in [2.24, 2.45) is 0 Å². The van der Waals surface area contributed by atoms with Crippen LogP contribution in [0.4, 0.5) is 0 Å². The molecule has 2 amide bonds. The molecule has 1 saturated carbocycles. The van der Waals surface area contributed by atoms with Gasteiger partial charge in [-0.1, -0.05) is 26.2 Å². The molecule has 2 N–H and O–H groups in total. The first kappa shape index (κ1) is 15.3. The van der Waals surface area contributed by atoms with Gasteiger partial charge in [-0.25, -0.2) is 0 Å². The van der Waals surface area contributed by atoms with Crippen molar-refractivity contribution >= 4 is 23.6 Å². The lowest BCUT2D eigenvalue weighted by Crippen LogP contribution is -2.51. The smallest absolute Gasteiger partial charge is 0.243 e. The van der Waals surface area contributed by atoms with E-state index in [-0.39, 0.29) is 11.8 Å². The van der Waals surface area contributed by atoms with Crippen molar-refractivity contribution in [3.8, 4) is 0 Å². The van der Waals surface area contributed by atoms with Crippen molar-refractivity contribution < 1.29 is 9.59 Å². The molecule has 1 rings (SSSR count). The van der Waals surface area contributed by atoms with Gasteiger partial charge in [-0.2, -0.15) is 11.8 Å². The van der Waals surface area contributed by atoms with Crippen LogP contribution in [0.15, 0.2) is 0 Å². The van der Waals surface area contributed by atoms with E-state index in [2.05, 4.69) is 10.6 Å². The number of nitrogens with one attached hydrogen (secondary N) is 2. The Morgan fingerprint density at radius 1 is 1.28 bits per heavy atom. The van der Waals surface area contributed by atoms with E-state index >= 15 is 0 Å². The number of thioether (sulfide) groups is 1. The minimum absolute atomic E-state index is 0.0296. The Hall–Kier alpha value is -0.710. The summed E-state index contributed by atoms with van der Waals surface area (Å²) in [7, 11) is 0. The summed E-state index contributed by atoms with van der Waals surface area (Å²) in [6.07, 6.45) is 8.16. The highest BCUT2D eigenvalue weighted by Crippen LogP contribution is 2.17. The number of carbonyl (C=O) groups is 2. The topological polar surface area (TPSA) is 58.2 Å². The molecule has 0 saturated heterocycles. The highest BCUT2D eigenvalue weighted by atomic mass is 32.2. The number of carbonyl (C=O) groups excluding carboxylic acids is 2. The molecule has 1 aliphatic carbocycles. The molecule has 1 atom stereocenters. The fourth-order valence-electron chi connectivity index (χ4n) is 2.19. The molecule has 0 radical (unpaired) electrons. The van der Waals surface area contributed by atoms with E-state index in [0.717, 1.165) is 12.8 Å². The number of amides is 2. The van der Waals surface area contributed by atoms with Crippen LogP contribution >= 0.6 is 11.8 Å². The molecule has 0 bridgehead atoms. The fourth-order valence-corrected chi connectivity index (χ4v) is 2.76. The van der Waals surface area contributed by atoms with Gasteiger partial charge in [0, 0.05) is 18.2 Å². The van der Waals surface area contributed by atoms with Gasteiger partial charge in [0.15, 0.2) is 0 Å². The molecular formula is C13H24N2O2S. The summed E-state index contributed by atoms with van der Waals surface area (Å²) in [5.41, 5.74) is 0. The molecule has 1 aliphatic rings. The van der Waals surface area contributed by atoms with Crippen molar-refractivity contribution in [1.29, 1.82) is 0 Å². The predicted molar refractivity (Wildman–Crippen MR) is 75.6 cm³/mol. The molecule has 0 unspecified atom stereocenters. The predicted octanol–water partition coefficient (Wildman–Crippen LogP) is 1.69. The zero-order chi connectivity index (χ0) is 13.4. The average Bonchev–Trinajstić information content (AvgIpc) is 2.39. The molecule has 0 spiro atoms. The van der Waals surface area contributed by atoms with E-state index in [4.69, 9.17) is 0 Å². The summed E-state index contributed by atoms with van der Waals surface area (Å²) in [6, 6.07) is -0.0940. The van der Waals surface area contributed by atoms with Crippen LogP contribution < -0.4 is 10.6 Å². The van der Waals surface area contributed by atoms with Gasteiger partial charge in [-0.3, -0.25) is 9.59 Å². The van der Waals surface area contributed by atoms with E-state index in [1.807, 2.05) is 6.26 Å². The first-order valence-electron chi connectivity index (χ1n) is 6.76. The zero-order valence-corrected chi connectivity index (χ0v) is 12.1. The normalized spacial score (nSPS) is 18.1. The molecule has 0 aromatic rings. The number of hydrogen-bond donors (Lipinski definition) is 2. The standard InChI is InChI=1S/C13H24N2O2S/c1-3-12(16)15-11(9-18-2)13(17)14-10-7-5-4-6-8-10/h10-11H,3-9H2,1-2H3,(H,14,17)(H,15,16)/t11-/m0/s1. The Morgan fingerprint density at radius 3 is 2.50 bits per heavy atom. The maximum atomic E-state index is 12.1. The monoisotopic (exact) mass is 272 g/mol. The third kappa shape index (κ3) is 5.29. The Labute approximate surface area is 114 Å². The van der Waals surface area contributed by atoms with Gasteiger partial charge in [-0.15, -0.1) is 0 Å². The van der Waals surface area contributed by atoms with Crippen LogP contribution in [0, 0.1) is 0 Å². The Bertz CT molecular complexity index is 278. The van der Waals surface area contributed by atoms with Crippen molar-refractivity contribution in [2.75, 3.05) is 12.0 Å². The van der Waals surface area contributed by atoms with Crippen molar-refractivity contribution in [2.45, 2.75) is 57.5 Å². The molecule has 1 fully saturated rings. The quantitative estimate of drug-likeness (QED) is 0.773. The van der Waals surface area contributed by atoms with Gasteiger partial charge in [-0.05, 0) is 19.1 Å². The summed E-state index contributed by atoms with van der Waals surface area (Å²) in [5, 5.41) is 5.85. The van der Waals surface area contributed by atoms with E-state index in [1.54, 1.807) is 18.7 Å². The number of rotatable bonds is 6. The number of hydrogen-bond acceptors (Lipinski definition) is 3. The molecule has 18 heavy (non-hydrogen) atoms. The van der Waals surface area contributed by atoms with Crippen LogP contribution in [0.25, 0.3) is 0 Å². The average molecular weight is 272 g/mol. The largest absolute Gasteiger partial charge is 0.352 e. The SMILES string of the molecule is CCC(=O)N[C@@H](CSC)C(=O)NC1CCCCC1. The maximum Gasteiger partial charge on any atom is 0.243 e. The molecule has 0 aromatic carbocycles. The van der Waals surface area contributed by atoms with Crippen LogP contribution in [-0.2, 0) is 9.59 Å². The van der Waals surface area contributed by atoms with Gasteiger partial charge in [0.1, 0.15) is 6.04 Å². The van der Waals surface area contributed by atoms with E-state index in [1.165, 1.54) is 19.3 Å². The molecule has 104 valence electrons. The van der Waals surface area contributed by atoms with Gasteiger partial charge >= 0.3 is 0 Å². The van der Waals surface area contributed by atoms with E-state index in [9.17, 15) is 9.59 Å². The summed E-state index contributed by atoms with van der Waals surface area (Å²) < 4.78 is 0. The van der Waals surface area contributed by atoms with Gasteiger partial charge in [0.05, 0.1) is 0 Å². The Morgan fingerprint density at radius 2 is 1.94 bits per heavy atom. The van der Waals surface area contributed by atoms with E-state index < -0.39 is 6.04 Å². The first-order valence-corrected chi connectivity index (χ1v) is 8.15. The molecular weight excluding hydrogens is 248 g/mol. The lowest BCUT2D eigenvalue weighted by atomic mass is 9.95. The molecule has 4 nitrogen and oxygen atoms in total. The molecule has 0 aliphatic heterocycles. The lowest BCUT2D eigenvalue weighted by Gasteiger charge is -2.25. The first-order chi connectivity index (χ1) is 8.67. The lowest BCUT2D eigenvalue weighted by molar-refractivity contribution is -0.128. The van der Waals surface area contributed by atoms with Crippen molar-refractivity contribution in [1.82, 2.24) is 10.6 Å². The van der Waals surface area contributed by atoms with Gasteiger partial charge < -0.3 is 10.6 Å². The highest BCUT2D eigenvalue weighted by Gasteiger charge is 2.23. The minimum atomic E-state index is -0.394. The Kier molecular flexibility index (Phi) is 7.16. The van der Waals surface area contributed by atoms with Crippen LogP contribution in [0.5, 0.6) is 0 Å². The summed E-state index contributed by atoms with van der Waals surface area (Å²) in [4.78, 5) is 23.5. The summed E-state index contributed by atoms with van der Waals surface area (Å²) in [5.74, 6) is 0.537. The third-order valence-electron chi connectivity index (χ3n) is 3.26. The molecule has 5 heteroatoms. The second-order valence-electron chi connectivity index (χ2n) is 4.77. The zero-order valence-electron chi connectivity index (χ0n) is 11.3. The second kappa shape index (κ2) is 8.40. The maximum absolute atomic E-state index is 12.1. The van der Waals surface area contributed by atoms with E-state index in [0.29, 0.717) is 18.2 Å². The summed E-state index contributed by atoms with van der Waals surface area (Å²) >= 11 is 1.58. The Balaban J connectivity index is 2.44. The van der Waals surface area contributed by atoms with Gasteiger partial charge in [0.2, 0.25) is 11.8 Å². The highest BCUT2D eigenvalue weighted by molar-refractivity contribution is 7.98. The van der Waals surface area contributed by atoms with Gasteiger partial charge in [0.25, 0.3) is 0 Å². The molecule has 0 aromatic heterocycles. The molecule has 0 heterocycles. The van der Waals surface area contributed by atoms with Crippen LogP contribution in [0.1, 0.15) is 45.4 Å². The van der Waals surface area contributed by atoms with Crippen LogP contribution in [0.3, 0.4) is 0 Å². The fraction of sp³-hybridized carbons (Fsp3) is 0.846. The van der Waals surface area contributed by atoms with Crippen LogP contribution in [-0.4, -0.2) is 35.9 Å².